The van der Waals surface area contributed by atoms with E-state index < -0.39 is 0 Å². The summed E-state index contributed by atoms with van der Waals surface area (Å²) in [5.74, 6) is 0.259. The van der Waals surface area contributed by atoms with Gasteiger partial charge in [-0.05, 0) is 60.7 Å². The second kappa shape index (κ2) is 6.81. The van der Waals surface area contributed by atoms with E-state index in [1.807, 2.05) is 6.07 Å². The van der Waals surface area contributed by atoms with E-state index in [-0.39, 0.29) is 11.8 Å². The van der Waals surface area contributed by atoms with Crippen molar-refractivity contribution in [3.8, 4) is 0 Å². The van der Waals surface area contributed by atoms with Gasteiger partial charge in [-0.1, -0.05) is 41.9 Å². The van der Waals surface area contributed by atoms with Crippen LogP contribution in [0.1, 0.15) is 22.3 Å². The van der Waals surface area contributed by atoms with E-state index in [4.69, 9.17) is 11.6 Å². The number of carbonyl (C=O) groups is 1. The van der Waals surface area contributed by atoms with E-state index in [1.54, 1.807) is 0 Å². The lowest BCUT2D eigenvalue weighted by molar-refractivity contribution is -0.125. The third kappa shape index (κ3) is 3.44. The normalized spacial score (nSPS) is 20.2. The lowest BCUT2D eigenvalue weighted by Gasteiger charge is -2.34. The van der Waals surface area contributed by atoms with Gasteiger partial charge in [0, 0.05) is 30.1 Å². The van der Waals surface area contributed by atoms with Crippen molar-refractivity contribution >= 4 is 17.5 Å². The highest BCUT2D eigenvalue weighted by Crippen LogP contribution is 2.27. The number of hydrogen-bond donors (Lipinski definition) is 1. The fraction of sp³-hybridized carbons (Fsp3) is 0.381. The summed E-state index contributed by atoms with van der Waals surface area (Å²) in [4.78, 5) is 14.9. The number of nitrogens with zero attached hydrogens (tertiary/aromatic N) is 1. The van der Waals surface area contributed by atoms with E-state index in [1.165, 1.54) is 22.3 Å². The van der Waals surface area contributed by atoms with E-state index in [0.29, 0.717) is 12.6 Å². The van der Waals surface area contributed by atoms with Crippen LogP contribution in [0.5, 0.6) is 0 Å². The van der Waals surface area contributed by atoms with Crippen molar-refractivity contribution in [3.63, 3.8) is 0 Å². The summed E-state index contributed by atoms with van der Waals surface area (Å²) in [5.41, 5.74) is 5.28. The van der Waals surface area contributed by atoms with E-state index >= 15 is 0 Å². The van der Waals surface area contributed by atoms with Gasteiger partial charge in [0.25, 0.3) is 0 Å². The fourth-order valence-electron chi connectivity index (χ4n) is 4.08. The third-order valence-corrected chi connectivity index (χ3v) is 5.84. The highest BCUT2D eigenvalue weighted by molar-refractivity contribution is 6.30. The molecule has 0 bridgehead atoms. The maximum absolute atomic E-state index is 12.6. The molecule has 1 unspecified atom stereocenters. The summed E-state index contributed by atoms with van der Waals surface area (Å²) in [5, 5.41) is 3.98. The van der Waals surface area contributed by atoms with E-state index in [9.17, 15) is 4.79 Å². The Morgan fingerprint density at radius 2 is 1.80 bits per heavy atom. The van der Waals surface area contributed by atoms with E-state index in [0.717, 1.165) is 30.8 Å². The topological polar surface area (TPSA) is 32.3 Å². The summed E-state index contributed by atoms with van der Waals surface area (Å²) in [6.45, 7) is 1.59. The van der Waals surface area contributed by atoms with Crippen molar-refractivity contribution in [3.05, 3.63) is 69.7 Å². The van der Waals surface area contributed by atoms with Gasteiger partial charge in [0.1, 0.15) is 0 Å². The molecule has 2 aromatic carbocycles. The summed E-state index contributed by atoms with van der Waals surface area (Å²) >= 11 is 6.14. The molecule has 2 aliphatic rings. The molecule has 0 saturated carbocycles. The molecular weight excluding hydrogens is 332 g/mol. The molecule has 1 amide bonds. The molecule has 3 nitrogen and oxygen atoms in total. The van der Waals surface area contributed by atoms with Crippen LogP contribution >= 0.6 is 11.6 Å². The minimum Gasteiger partial charge on any atom is -0.354 e. The number of benzene rings is 2. The standard InChI is InChI=1S/C21H23ClN2O/c1-24-13-16-6-7-19(22)10-17(16)11-20(24)12-23-21(25)18-8-14-4-2-3-5-15(14)9-18/h2-7,10,18,20H,8-9,11-13H2,1H3,(H,23,25). The molecule has 4 rings (SSSR count). The molecule has 1 aliphatic carbocycles. The van der Waals surface area contributed by atoms with Gasteiger partial charge in [-0.15, -0.1) is 0 Å². The minimum absolute atomic E-state index is 0.0769. The number of amides is 1. The minimum atomic E-state index is 0.0769. The maximum Gasteiger partial charge on any atom is 0.223 e. The number of likely N-dealkylation sites (N-methyl/N-ethyl adjacent to an activating group) is 1. The molecule has 4 heteroatoms. The van der Waals surface area contributed by atoms with Crippen LogP contribution in [-0.4, -0.2) is 30.4 Å². The predicted molar refractivity (Wildman–Crippen MR) is 101 cm³/mol. The van der Waals surface area contributed by atoms with Crippen molar-refractivity contribution in [1.29, 1.82) is 0 Å². The van der Waals surface area contributed by atoms with Crippen molar-refractivity contribution in [1.82, 2.24) is 10.2 Å². The first-order valence-corrected chi connectivity index (χ1v) is 9.30. The molecule has 0 fully saturated rings. The lowest BCUT2D eigenvalue weighted by Crippen LogP contribution is -2.46. The average molecular weight is 355 g/mol. The number of nitrogens with one attached hydrogen (secondary N) is 1. The van der Waals surface area contributed by atoms with Gasteiger partial charge in [-0.3, -0.25) is 9.69 Å². The Labute approximate surface area is 154 Å². The van der Waals surface area contributed by atoms with Crippen LogP contribution in [0.4, 0.5) is 0 Å². The van der Waals surface area contributed by atoms with Gasteiger partial charge >= 0.3 is 0 Å². The van der Waals surface area contributed by atoms with Gasteiger partial charge in [0.05, 0.1) is 0 Å². The zero-order valence-corrected chi connectivity index (χ0v) is 15.2. The predicted octanol–water partition coefficient (Wildman–Crippen LogP) is 3.23. The number of carbonyl (C=O) groups excluding carboxylic acids is 1. The van der Waals surface area contributed by atoms with Crippen LogP contribution in [0, 0.1) is 5.92 Å². The largest absolute Gasteiger partial charge is 0.354 e. The number of hydrogen-bond acceptors (Lipinski definition) is 2. The molecule has 2 aromatic rings. The fourth-order valence-corrected chi connectivity index (χ4v) is 4.28. The molecule has 0 aromatic heterocycles. The summed E-state index contributed by atoms with van der Waals surface area (Å²) in [6, 6.07) is 14.8. The Morgan fingerprint density at radius 3 is 2.52 bits per heavy atom. The number of rotatable bonds is 3. The zero-order valence-electron chi connectivity index (χ0n) is 14.5. The summed E-state index contributed by atoms with van der Waals surface area (Å²) in [6.07, 6.45) is 2.65. The monoisotopic (exact) mass is 354 g/mol. The maximum atomic E-state index is 12.6. The first-order chi connectivity index (χ1) is 12.1. The number of halogens is 1. The Balaban J connectivity index is 1.36. The van der Waals surface area contributed by atoms with Crippen LogP contribution in [0.25, 0.3) is 0 Å². The second-order valence-corrected chi connectivity index (χ2v) is 7.74. The van der Waals surface area contributed by atoms with Crippen molar-refractivity contribution in [2.75, 3.05) is 13.6 Å². The number of fused-ring (bicyclic) bond motifs is 2. The molecule has 1 atom stereocenters. The molecular formula is C21H23ClN2O. The lowest BCUT2D eigenvalue weighted by atomic mass is 9.94. The Hall–Kier alpha value is -1.84. The van der Waals surface area contributed by atoms with Gasteiger partial charge in [-0.2, -0.15) is 0 Å². The van der Waals surface area contributed by atoms with Gasteiger partial charge in [0.15, 0.2) is 0 Å². The highest BCUT2D eigenvalue weighted by Gasteiger charge is 2.29. The molecule has 25 heavy (non-hydrogen) atoms. The molecule has 1 aliphatic heterocycles. The van der Waals surface area contributed by atoms with Crippen molar-refractivity contribution < 1.29 is 4.79 Å². The first kappa shape index (κ1) is 16.6. The van der Waals surface area contributed by atoms with Gasteiger partial charge in [0.2, 0.25) is 5.91 Å². The average Bonchev–Trinajstić information content (AvgIpc) is 3.04. The SMILES string of the molecule is CN1Cc2ccc(Cl)cc2CC1CNC(=O)C1Cc2ccccc2C1. The molecule has 1 heterocycles. The molecule has 1 N–H and O–H groups in total. The molecule has 0 saturated heterocycles. The quantitative estimate of drug-likeness (QED) is 0.917. The second-order valence-electron chi connectivity index (χ2n) is 7.31. The van der Waals surface area contributed by atoms with E-state index in [2.05, 4.69) is 53.7 Å². The van der Waals surface area contributed by atoms with Crippen molar-refractivity contribution in [2.24, 2.45) is 5.92 Å². The molecule has 0 spiro atoms. The van der Waals surface area contributed by atoms with Gasteiger partial charge in [-0.25, -0.2) is 0 Å². The Kier molecular flexibility index (Phi) is 4.53. The van der Waals surface area contributed by atoms with Crippen LogP contribution < -0.4 is 5.32 Å². The van der Waals surface area contributed by atoms with Crippen LogP contribution in [-0.2, 0) is 30.6 Å². The molecule has 130 valence electrons. The Morgan fingerprint density at radius 1 is 1.08 bits per heavy atom. The highest BCUT2D eigenvalue weighted by atomic mass is 35.5. The summed E-state index contributed by atoms with van der Waals surface area (Å²) in [7, 11) is 2.12. The smallest absolute Gasteiger partial charge is 0.223 e. The zero-order chi connectivity index (χ0) is 17.4. The Bertz CT molecular complexity index is 779. The third-order valence-electron chi connectivity index (χ3n) is 5.60. The van der Waals surface area contributed by atoms with Crippen LogP contribution in [0.2, 0.25) is 5.02 Å². The van der Waals surface area contributed by atoms with Crippen LogP contribution in [0.3, 0.4) is 0 Å². The van der Waals surface area contributed by atoms with Crippen LogP contribution in [0.15, 0.2) is 42.5 Å². The first-order valence-electron chi connectivity index (χ1n) is 8.92. The summed E-state index contributed by atoms with van der Waals surface area (Å²) < 4.78 is 0. The van der Waals surface area contributed by atoms with Crippen molar-refractivity contribution in [2.45, 2.75) is 31.8 Å². The van der Waals surface area contributed by atoms with Gasteiger partial charge < -0.3 is 5.32 Å². The molecule has 0 radical (unpaired) electrons.